The van der Waals surface area contributed by atoms with Gasteiger partial charge in [-0.15, -0.1) is 0 Å². The van der Waals surface area contributed by atoms with Gasteiger partial charge in [0.25, 0.3) is 0 Å². The van der Waals surface area contributed by atoms with Gasteiger partial charge in [-0.05, 0) is 56.6 Å². The number of aryl methyl sites for hydroxylation is 1. The molecule has 0 aliphatic heterocycles. The van der Waals surface area contributed by atoms with Crippen molar-refractivity contribution in [3.63, 3.8) is 0 Å². The van der Waals surface area contributed by atoms with Crippen LogP contribution in [-0.4, -0.2) is 17.2 Å². The molecular formula is C17H28N2O. The molecule has 0 unspecified atom stereocenters. The van der Waals surface area contributed by atoms with Gasteiger partial charge < -0.3 is 9.88 Å². The van der Waals surface area contributed by atoms with E-state index in [9.17, 15) is 4.79 Å². The fourth-order valence-electron chi connectivity index (χ4n) is 3.09. The zero-order chi connectivity index (χ0) is 14.4. The van der Waals surface area contributed by atoms with Crippen LogP contribution in [0.2, 0.25) is 0 Å². The zero-order valence-corrected chi connectivity index (χ0v) is 12.8. The molecular weight excluding hydrogens is 248 g/mol. The van der Waals surface area contributed by atoms with Gasteiger partial charge in [-0.25, -0.2) is 0 Å². The van der Waals surface area contributed by atoms with Crippen LogP contribution in [0.3, 0.4) is 0 Å². The van der Waals surface area contributed by atoms with E-state index >= 15 is 0 Å². The molecule has 3 nitrogen and oxygen atoms in total. The number of nitrogens with one attached hydrogen (secondary N) is 1. The average molecular weight is 276 g/mol. The van der Waals surface area contributed by atoms with E-state index in [-0.39, 0.29) is 5.56 Å². The first-order valence-electron chi connectivity index (χ1n) is 8.05. The Balaban J connectivity index is 1.60. The Bertz CT molecular complexity index is 454. The second-order valence-electron chi connectivity index (χ2n) is 6.36. The molecule has 1 N–H and O–H groups in total. The Morgan fingerprint density at radius 3 is 2.80 bits per heavy atom. The summed E-state index contributed by atoms with van der Waals surface area (Å²) in [7, 11) is 0. The molecule has 20 heavy (non-hydrogen) atoms. The SMILES string of the molecule is C[C@@H]1CC[C@H](NCCCCn2ccccc2=O)C[C@H]1C. The Hall–Kier alpha value is -1.09. The fraction of sp³-hybridized carbons (Fsp3) is 0.706. The van der Waals surface area contributed by atoms with E-state index in [1.54, 1.807) is 16.7 Å². The van der Waals surface area contributed by atoms with E-state index in [4.69, 9.17) is 0 Å². The highest BCUT2D eigenvalue weighted by atomic mass is 16.1. The molecule has 1 aliphatic carbocycles. The molecule has 0 saturated heterocycles. The van der Waals surface area contributed by atoms with Gasteiger partial charge in [0.05, 0.1) is 0 Å². The second-order valence-corrected chi connectivity index (χ2v) is 6.36. The summed E-state index contributed by atoms with van der Waals surface area (Å²) in [5.41, 5.74) is 0.107. The van der Waals surface area contributed by atoms with Gasteiger partial charge in [0.2, 0.25) is 5.56 Å². The van der Waals surface area contributed by atoms with Gasteiger partial charge in [0.15, 0.2) is 0 Å². The van der Waals surface area contributed by atoms with Gasteiger partial charge >= 0.3 is 0 Å². The van der Waals surface area contributed by atoms with Crippen molar-refractivity contribution < 1.29 is 0 Å². The summed E-state index contributed by atoms with van der Waals surface area (Å²) in [4.78, 5) is 11.5. The second kappa shape index (κ2) is 7.63. The third-order valence-electron chi connectivity index (χ3n) is 4.76. The minimum atomic E-state index is 0.107. The van der Waals surface area contributed by atoms with E-state index in [0.717, 1.165) is 37.8 Å². The van der Waals surface area contributed by atoms with Crippen molar-refractivity contribution in [3.8, 4) is 0 Å². The number of aromatic nitrogens is 1. The monoisotopic (exact) mass is 276 g/mol. The number of pyridine rings is 1. The molecule has 112 valence electrons. The molecule has 1 heterocycles. The number of hydrogen-bond acceptors (Lipinski definition) is 2. The molecule has 3 atom stereocenters. The number of hydrogen-bond donors (Lipinski definition) is 1. The molecule has 0 spiro atoms. The maximum Gasteiger partial charge on any atom is 0.250 e. The first kappa shape index (κ1) is 15.3. The van der Waals surface area contributed by atoms with Crippen molar-refractivity contribution in [1.82, 2.24) is 9.88 Å². The van der Waals surface area contributed by atoms with Crippen molar-refractivity contribution >= 4 is 0 Å². The fourth-order valence-corrected chi connectivity index (χ4v) is 3.09. The van der Waals surface area contributed by atoms with Crippen molar-refractivity contribution in [2.24, 2.45) is 11.8 Å². The normalized spacial score (nSPS) is 26.6. The van der Waals surface area contributed by atoms with Gasteiger partial charge in [0, 0.05) is 24.8 Å². The summed E-state index contributed by atoms with van der Waals surface area (Å²) in [6, 6.07) is 6.05. The molecule has 1 aromatic heterocycles. The van der Waals surface area contributed by atoms with Crippen LogP contribution in [0.4, 0.5) is 0 Å². The molecule has 2 rings (SSSR count). The van der Waals surface area contributed by atoms with Crippen LogP contribution in [0.25, 0.3) is 0 Å². The first-order valence-corrected chi connectivity index (χ1v) is 8.05. The summed E-state index contributed by atoms with van der Waals surface area (Å²) in [6.07, 6.45) is 8.08. The maximum absolute atomic E-state index is 11.5. The lowest BCUT2D eigenvalue weighted by Gasteiger charge is -2.32. The van der Waals surface area contributed by atoms with E-state index < -0.39 is 0 Å². The van der Waals surface area contributed by atoms with E-state index in [2.05, 4.69) is 19.2 Å². The minimum absolute atomic E-state index is 0.107. The molecule has 1 fully saturated rings. The summed E-state index contributed by atoms with van der Waals surface area (Å²) in [6.45, 7) is 6.66. The highest BCUT2D eigenvalue weighted by Crippen LogP contribution is 2.29. The Morgan fingerprint density at radius 1 is 1.20 bits per heavy atom. The molecule has 0 amide bonds. The van der Waals surface area contributed by atoms with E-state index in [1.807, 2.05) is 12.3 Å². The van der Waals surface area contributed by atoms with Gasteiger partial charge in [0.1, 0.15) is 0 Å². The van der Waals surface area contributed by atoms with Gasteiger partial charge in [-0.1, -0.05) is 19.9 Å². The standard InChI is InChI=1S/C17H28N2O/c1-14-8-9-16(13-15(14)2)18-10-4-6-12-19-11-5-3-7-17(19)20/h3,5,7,11,14-16,18H,4,6,8-10,12-13H2,1-2H3/t14-,15-,16+/m1/s1. The predicted molar refractivity (Wildman–Crippen MR) is 83.9 cm³/mol. The quantitative estimate of drug-likeness (QED) is 0.810. The number of nitrogens with zero attached hydrogens (tertiary/aromatic N) is 1. The molecule has 3 heteroatoms. The van der Waals surface area contributed by atoms with E-state index in [0.29, 0.717) is 6.04 Å². The molecule has 0 radical (unpaired) electrons. The largest absolute Gasteiger partial charge is 0.316 e. The van der Waals surface area contributed by atoms with Gasteiger partial charge in [-0.2, -0.15) is 0 Å². The summed E-state index contributed by atoms with van der Waals surface area (Å²) in [5, 5.41) is 3.69. The van der Waals surface area contributed by atoms with Crippen molar-refractivity contribution in [2.75, 3.05) is 6.54 Å². The third kappa shape index (κ3) is 4.48. The minimum Gasteiger partial charge on any atom is -0.316 e. The van der Waals surface area contributed by atoms with Gasteiger partial charge in [-0.3, -0.25) is 4.79 Å². The third-order valence-corrected chi connectivity index (χ3v) is 4.76. The summed E-state index contributed by atoms with van der Waals surface area (Å²) in [5.74, 6) is 1.74. The van der Waals surface area contributed by atoms with Crippen LogP contribution >= 0.6 is 0 Å². The van der Waals surface area contributed by atoms with Crippen LogP contribution < -0.4 is 10.9 Å². The average Bonchev–Trinajstić information content (AvgIpc) is 2.44. The molecule has 0 bridgehead atoms. The lowest BCUT2D eigenvalue weighted by molar-refractivity contribution is 0.226. The van der Waals surface area contributed by atoms with Crippen molar-refractivity contribution in [2.45, 2.75) is 58.5 Å². The van der Waals surface area contributed by atoms with Crippen LogP contribution in [0.15, 0.2) is 29.2 Å². The zero-order valence-electron chi connectivity index (χ0n) is 12.8. The molecule has 1 saturated carbocycles. The Kier molecular flexibility index (Phi) is 5.84. The van der Waals surface area contributed by atoms with Crippen LogP contribution in [0.1, 0.15) is 46.0 Å². The first-order chi connectivity index (χ1) is 9.66. The van der Waals surface area contributed by atoms with Crippen LogP contribution in [0, 0.1) is 11.8 Å². The van der Waals surface area contributed by atoms with Crippen molar-refractivity contribution in [1.29, 1.82) is 0 Å². The number of rotatable bonds is 6. The highest BCUT2D eigenvalue weighted by Gasteiger charge is 2.23. The lowest BCUT2D eigenvalue weighted by Crippen LogP contribution is -2.36. The molecule has 1 aliphatic rings. The molecule has 0 aromatic carbocycles. The van der Waals surface area contributed by atoms with Crippen molar-refractivity contribution in [3.05, 3.63) is 34.7 Å². The predicted octanol–water partition coefficient (Wildman–Crippen LogP) is 3.04. The number of unbranched alkanes of at least 4 members (excludes halogenated alkanes) is 1. The van der Waals surface area contributed by atoms with Crippen LogP contribution in [-0.2, 0) is 6.54 Å². The van der Waals surface area contributed by atoms with E-state index in [1.165, 1.54) is 19.3 Å². The lowest BCUT2D eigenvalue weighted by atomic mass is 9.79. The maximum atomic E-state index is 11.5. The summed E-state index contributed by atoms with van der Waals surface area (Å²) >= 11 is 0. The topological polar surface area (TPSA) is 34.0 Å². The highest BCUT2D eigenvalue weighted by molar-refractivity contribution is 4.93. The van der Waals surface area contributed by atoms with Crippen LogP contribution in [0.5, 0.6) is 0 Å². The Labute approximate surface area is 122 Å². The Morgan fingerprint density at radius 2 is 2.05 bits per heavy atom. The summed E-state index contributed by atoms with van der Waals surface area (Å²) < 4.78 is 1.80. The molecule has 1 aromatic rings. The smallest absolute Gasteiger partial charge is 0.250 e.